The molecule has 0 aliphatic heterocycles. The summed E-state index contributed by atoms with van der Waals surface area (Å²) in [5, 5.41) is 0. The van der Waals surface area contributed by atoms with E-state index in [9.17, 15) is 9.18 Å². The molecule has 0 spiro atoms. The fourth-order valence-corrected chi connectivity index (χ4v) is 2.77. The van der Waals surface area contributed by atoms with Crippen molar-refractivity contribution in [2.45, 2.75) is 6.42 Å². The molecule has 25 heavy (non-hydrogen) atoms. The van der Waals surface area contributed by atoms with Crippen LogP contribution < -0.4 is 5.73 Å². The molecule has 2 nitrogen and oxygen atoms in total. The van der Waals surface area contributed by atoms with Crippen LogP contribution >= 0.6 is 12.4 Å². The first-order valence-corrected chi connectivity index (χ1v) is 7.87. The molecule has 4 heteroatoms. The van der Waals surface area contributed by atoms with Gasteiger partial charge in [0, 0.05) is 11.1 Å². The minimum atomic E-state index is -0.409. The lowest BCUT2D eigenvalue weighted by molar-refractivity contribution is 0.103. The van der Waals surface area contributed by atoms with Gasteiger partial charge in [-0.25, -0.2) is 4.39 Å². The van der Waals surface area contributed by atoms with Crippen molar-refractivity contribution >= 4 is 18.2 Å². The van der Waals surface area contributed by atoms with E-state index in [1.807, 2.05) is 30.3 Å². The van der Waals surface area contributed by atoms with Crippen molar-refractivity contribution in [2.75, 3.05) is 6.54 Å². The summed E-state index contributed by atoms with van der Waals surface area (Å²) >= 11 is 0. The Labute approximate surface area is 152 Å². The molecule has 0 bridgehead atoms. The molecular weight excluding hydrogens is 337 g/mol. The van der Waals surface area contributed by atoms with Crippen LogP contribution in [0.4, 0.5) is 4.39 Å². The van der Waals surface area contributed by atoms with Crippen molar-refractivity contribution in [2.24, 2.45) is 5.73 Å². The second kappa shape index (κ2) is 8.56. The lowest BCUT2D eigenvalue weighted by Gasteiger charge is -2.09. The standard InChI is InChI=1S/C21H18FNO.ClH/c22-19-6-3-5-18(14-19)21(24)17-10-8-16(9-11-17)20-7-2-1-4-15(20)12-13-23;/h1-11,14H,12-13,23H2;1H. The third-order valence-corrected chi connectivity index (χ3v) is 3.98. The third kappa shape index (κ3) is 4.32. The molecule has 0 saturated carbocycles. The first kappa shape index (κ1) is 18.8. The molecule has 0 aliphatic carbocycles. The average molecular weight is 356 g/mol. The Kier molecular flexibility index (Phi) is 6.45. The lowest BCUT2D eigenvalue weighted by atomic mass is 9.95. The van der Waals surface area contributed by atoms with Crippen molar-refractivity contribution in [1.29, 1.82) is 0 Å². The van der Waals surface area contributed by atoms with Crippen LogP contribution in [-0.2, 0) is 6.42 Å². The largest absolute Gasteiger partial charge is 0.330 e. The Morgan fingerprint density at radius 3 is 2.28 bits per heavy atom. The minimum Gasteiger partial charge on any atom is -0.330 e. The molecule has 0 fully saturated rings. The number of nitrogens with two attached hydrogens (primary N) is 1. The first-order valence-electron chi connectivity index (χ1n) is 7.87. The highest BCUT2D eigenvalue weighted by atomic mass is 35.5. The predicted octanol–water partition coefficient (Wildman–Crippen LogP) is 4.65. The van der Waals surface area contributed by atoms with Crippen molar-refractivity contribution in [3.8, 4) is 11.1 Å². The summed E-state index contributed by atoms with van der Waals surface area (Å²) in [6.07, 6.45) is 0.806. The van der Waals surface area contributed by atoms with E-state index in [-0.39, 0.29) is 18.2 Å². The van der Waals surface area contributed by atoms with Crippen LogP contribution in [0, 0.1) is 5.82 Å². The monoisotopic (exact) mass is 355 g/mol. The van der Waals surface area contributed by atoms with Crippen molar-refractivity contribution in [1.82, 2.24) is 0 Å². The van der Waals surface area contributed by atoms with Gasteiger partial charge >= 0.3 is 0 Å². The van der Waals surface area contributed by atoms with Gasteiger partial charge in [-0.1, -0.05) is 60.7 Å². The van der Waals surface area contributed by atoms with E-state index >= 15 is 0 Å². The van der Waals surface area contributed by atoms with Crippen LogP contribution in [0.1, 0.15) is 21.5 Å². The van der Waals surface area contributed by atoms with Gasteiger partial charge < -0.3 is 5.73 Å². The van der Waals surface area contributed by atoms with Gasteiger partial charge in [-0.3, -0.25) is 4.79 Å². The molecule has 0 aliphatic rings. The Bertz CT molecular complexity index is 862. The van der Waals surface area contributed by atoms with Gasteiger partial charge in [0.1, 0.15) is 5.82 Å². The SMILES string of the molecule is Cl.NCCc1ccccc1-c1ccc(C(=O)c2cccc(F)c2)cc1. The molecule has 0 saturated heterocycles. The molecular formula is C21H19ClFNO. The zero-order chi connectivity index (χ0) is 16.9. The second-order valence-corrected chi connectivity index (χ2v) is 5.61. The van der Waals surface area contributed by atoms with Gasteiger partial charge in [0.05, 0.1) is 0 Å². The molecule has 3 aromatic carbocycles. The van der Waals surface area contributed by atoms with Gasteiger partial charge in [0.25, 0.3) is 0 Å². The molecule has 128 valence electrons. The minimum absolute atomic E-state index is 0. The zero-order valence-electron chi connectivity index (χ0n) is 13.6. The molecule has 0 heterocycles. The number of hydrogen-bond donors (Lipinski definition) is 1. The number of carbonyl (C=O) groups excluding carboxylic acids is 1. The highest BCUT2D eigenvalue weighted by Crippen LogP contribution is 2.25. The fourth-order valence-electron chi connectivity index (χ4n) is 2.77. The Morgan fingerprint density at radius 1 is 0.880 bits per heavy atom. The summed E-state index contributed by atoms with van der Waals surface area (Å²) < 4.78 is 13.3. The van der Waals surface area contributed by atoms with Crippen LogP contribution in [-0.4, -0.2) is 12.3 Å². The molecule has 3 rings (SSSR count). The average Bonchev–Trinajstić information content (AvgIpc) is 2.62. The van der Waals surface area contributed by atoms with E-state index < -0.39 is 5.82 Å². The maximum atomic E-state index is 13.3. The molecule has 3 aromatic rings. The number of rotatable bonds is 5. The highest BCUT2D eigenvalue weighted by Gasteiger charge is 2.11. The number of ketones is 1. The molecule has 0 aromatic heterocycles. The van der Waals surface area contributed by atoms with Crippen molar-refractivity contribution in [3.05, 3.63) is 95.3 Å². The van der Waals surface area contributed by atoms with Crippen molar-refractivity contribution in [3.63, 3.8) is 0 Å². The topological polar surface area (TPSA) is 43.1 Å². The van der Waals surface area contributed by atoms with Gasteiger partial charge in [-0.15, -0.1) is 12.4 Å². The first-order chi connectivity index (χ1) is 11.7. The Hall–Kier alpha value is -2.49. The molecule has 0 unspecified atom stereocenters. The molecule has 0 atom stereocenters. The zero-order valence-corrected chi connectivity index (χ0v) is 14.4. The highest BCUT2D eigenvalue weighted by molar-refractivity contribution is 6.09. The Morgan fingerprint density at radius 2 is 1.60 bits per heavy atom. The van der Waals surface area contributed by atoms with Crippen LogP contribution in [0.15, 0.2) is 72.8 Å². The summed E-state index contributed by atoms with van der Waals surface area (Å²) in [5.41, 5.74) is 9.91. The van der Waals surface area contributed by atoms with E-state index in [0.717, 1.165) is 17.5 Å². The Balaban J connectivity index is 0.00000225. The lowest BCUT2D eigenvalue weighted by Crippen LogP contribution is -2.04. The van der Waals surface area contributed by atoms with Gasteiger partial charge in [-0.2, -0.15) is 0 Å². The van der Waals surface area contributed by atoms with Gasteiger partial charge in [0.15, 0.2) is 5.78 Å². The number of hydrogen-bond acceptors (Lipinski definition) is 2. The summed E-state index contributed by atoms with van der Waals surface area (Å²) in [4.78, 5) is 12.4. The number of halogens is 2. The normalized spacial score (nSPS) is 10.2. The van der Waals surface area contributed by atoms with Crippen LogP contribution in [0.3, 0.4) is 0 Å². The van der Waals surface area contributed by atoms with E-state index in [2.05, 4.69) is 6.07 Å². The third-order valence-electron chi connectivity index (χ3n) is 3.98. The van der Waals surface area contributed by atoms with E-state index in [0.29, 0.717) is 17.7 Å². The van der Waals surface area contributed by atoms with Gasteiger partial charge in [-0.05, 0) is 41.8 Å². The van der Waals surface area contributed by atoms with Gasteiger partial charge in [0.2, 0.25) is 0 Å². The van der Waals surface area contributed by atoms with Crippen LogP contribution in [0.2, 0.25) is 0 Å². The van der Waals surface area contributed by atoms with E-state index in [4.69, 9.17) is 5.73 Å². The smallest absolute Gasteiger partial charge is 0.193 e. The quantitative estimate of drug-likeness (QED) is 0.677. The van der Waals surface area contributed by atoms with E-state index in [1.54, 1.807) is 24.3 Å². The summed E-state index contributed by atoms with van der Waals surface area (Å²) in [6, 6.07) is 21.2. The van der Waals surface area contributed by atoms with Crippen molar-refractivity contribution < 1.29 is 9.18 Å². The fraction of sp³-hybridized carbons (Fsp3) is 0.0952. The summed E-state index contributed by atoms with van der Waals surface area (Å²) in [5.74, 6) is -0.593. The molecule has 2 N–H and O–H groups in total. The maximum Gasteiger partial charge on any atom is 0.193 e. The predicted molar refractivity (Wildman–Crippen MR) is 102 cm³/mol. The maximum absolute atomic E-state index is 13.3. The summed E-state index contributed by atoms with van der Waals surface area (Å²) in [6.45, 7) is 0.590. The number of benzene rings is 3. The molecule has 0 radical (unpaired) electrons. The second-order valence-electron chi connectivity index (χ2n) is 5.61. The van der Waals surface area contributed by atoms with Crippen LogP contribution in [0.25, 0.3) is 11.1 Å². The summed E-state index contributed by atoms with van der Waals surface area (Å²) in [7, 11) is 0. The van der Waals surface area contributed by atoms with Crippen LogP contribution in [0.5, 0.6) is 0 Å². The number of carbonyl (C=O) groups is 1. The molecule has 0 amide bonds. The van der Waals surface area contributed by atoms with E-state index in [1.165, 1.54) is 17.7 Å².